The average Bonchev–Trinajstić information content (AvgIpc) is 2.77. The molecular formula is C15H20N2O2S2. The summed E-state index contributed by atoms with van der Waals surface area (Å²) in [5.74, 6) is 0. The van der Waals surface area contributed by atoms with Crippen LogP contribution < -0.4 is 0 Å². The highest BCUT2D eigenvalue weighted by molar-refractivity contribution is 7.91. The molecule has 0 N–H and O–H groups in total. The molecule has 2 aromatic heterocycles. The van der Waals surface area contributed by atoms with Gasteiger partial charge in [-0.15, -0.1) is 11.3 Å². The van der Waals surface area contributed by atoms with Crippen molar-refractivity contribution in [1.29, 1.82) is 0 Å². The van der Waals surface area contributed by atoms with Gasteiger partial charge in [-0.25, -0.2) is 8.42 Å². The molecule has 0 spiro atoms. The number of aromatic nitrogens is 1. The van der Waals surface area contributed by atoms with E-state index in [0.29, 0.717) is 10.8 Å². The number of thiophene rings is 1. The first-order valence-corrected chi connectivity index (χ1v) is 9.06. The molecule has 2 aromatic rings. The Morgan fingerprint density at radius 2 is 2.05 bits per heavy atom. The van der Waals surface area contributed by atoms with Crippen molar-refractivity contribution in [3.05, 3.63) is 46.6 Å². The Hall–Kier alpha value is -1.24. The summed E-state index contributed by atoms with van der Waals surface area (Å²) in [4.78, 5) is 5.09. The van der Waals surface area contributed by atoms with Crippen LogP contribution >= 0.6 is 11.3 Å². The molecule has 0 atom stereocenters. The number of hydrogen-bond donors (Lipinski definition) is 0. The summed E-state index contributed by atoms with van der Waals surface area (Å²) < 4.78 is 27.7. The van der Waals surface area contributed by atoms with Gasteiger partial charge in [-0.1, -0.05) is 6.07 Å². The van der Waals surface area contributed by atoms with Crippen LogP contribution in [0.3, 0.4) is 0 Å². The Morgan fingerprint density at radius 1 is 1.33 bits per heavy atom. The quantitative estimate of drug-likeness (QED) is 0.847. The fraction of sp³-hybridized carbons (Fsp3) is 0.400. The Morgan fingerprint density at radius 3 is 2.52 bits per heavy atom. The van der Waals surface area contributed by atoms with Gasteiger partial charge in [-0.3, -0.25) is 4.98 Å². The molecule has 0 radical (unpaired) electrons. The van der Waals surface area contributed by atoms with E-state index in [1.807, 2.05) is 39.8 Å². The van der Waals surface area contributed by atoms with Crippen LogP contribution in [0.1, 0.15) is 29.9 Å². The molecule has 0 aliphatic rings. The lowest BCUT2D eigenvalue weighted by atomic mass is 10.2. The second-order valence-corrected chi connectivity index (χ2v) is 8.68. The third-order valence-corrected chi connectivity index (χ3v) is 6.97. The average molecular weight is 324 g/mol. The predicted octanol–water partition coefficient (Wildman–Crippen LogP) is 3.36. The highest BCUT2D eigenvalue weighted by Gasteiger charge is 2.29. The van der Waals surface area contributed by atoms with Crippen molar-refractivity contribution in [3.63, 3.8) is 0 Å². The fourth-order valence-corrected chi connectivity index (χ4v) is 5.27. The molecule has 0 saturated carbocycles. The minimum atomic E-state index is -3.48. The van der Waals surface area contributed by atoms with E-state index in [2.05, 4.69) is 4.98 Å². The number of nitrogens with zero attached hydrogens (tertiary/aromatic N) is 2. The SMILES string of the molecule is Cc1cc(S(=O)(=O)N(Cc2cccnc2)C(C)C)sc1C. The second kappa shape index (κ2) is 6.25. The summed E-state index contributed by atoms with van der Waals surface area (Å²) in [6.45, 7) is 8.00. The molecule has 0 fully saturated rings. The van der Waals surface area contributed by atoms with Gasteiger partial charge in [-0.05, 0) is 51.0 Å². The van der Waals surface area contributed by atoms with Crippen LogP contribution in [0.5, 0.6) is 0 Å². The van der Waals surface area contributed by atoms with Gasteiger partial charge in [0.1, 0.15) is 4.21 Å². The lowest BCUT2D eigenvalue weighted by Gasteiger charge is -2.25. The van der Waals surface area contributed by atoms with Crippen LogP contribution in [0.2, 0.25) is 0 Å². The van der Waals surface area contributed by atoms with Gasteiger partial charge in [0.2, 0.25) is 0 Å². The van der Waals surface area contributed by atoms with Crippen LogP contribution in [0.4, 0.5) is 0 Å². The Kier molecular flexibility index (Phi) is 4.81. The van der Waals surface area contributed by atoms with Crippen molar-refractivity contribution in [2.75, 3.05) is 0 Å². The van der Waals surface area contributed by atoms with Gasteiger partial charge in [0.25, 0.3) is 10.0 Å². The van der Waals surface area contributed by atoms with E-state index < -0.39 is 10.0 Å². The van der Waals surface area contributed by atoms with E-state index in [1.165, 1.54) is 15.6 Å². The van der Waals surface area contributed by atoms with Gasteiger partial charge < -0.3 is 0 Å². The Labute approximate surface area is 130 Å². The maximum absolute atomic E-state index is 12.9. The zero-order valence-electron chi connectivity index (χ0n) is 12.7. The summed E-state index contributed by atoms with van der Waals surface area (Å²) in [6, 6.07) is 5.36. The van der Waals surface area contributed by atoms with Gasteiger partial charge in [-0.2, -0.15) is 4.31 Å². The molecule has 2 rings (SSSR count). The summed E-state index contributed by atoms with van der Waals surface area (Å²) in [5.41, 5.74) is 1.91. The van der Waals surface area contributed by atoms with E-state index in [4.69, 9.17) is 0 Å². The lowest BCUT2D eigenvalue weighted by Crippen LogP contribution is -2.36. The molecule has 0 aromatic carbocycles. The summed E-state index contributed by atoms with van der Waals surface area (Å²) in [5, 5.41) is 0. The maximum Gasteiger partial charge on any atom is 0.253 e. The van der Waals surface area contributed by atoms with Crippen molar-refractivity contribution in [1.82, 2.24) is 9.29 Å². The maximum atomic E-state index is 12.9. The molecule has 0 aliphatic carbocycles. The molecule has 0 saturated heterocycles. The van der Waals surface area contributed by atoms with Gasteiger partial charge in [0.15, 0.2) is 0 Å². The molecule has 6 heteroatoms. The molecule has 21 heavy (non-hydrogen) atoms. The normalized spacial score (nSPS) is 12.3. The number of hydrogen-bond acceptors (Lipinski definition) is 4. The number of aryl methyl sites for hydroxylation is 2. The van der Waals surface area contributed by atoms with Gasteiger partial charge >= 0.3 is 0 Å². The van der Waals surface area contributed by atoms with Crippen molar-refractivity contribution < 1.29 is 8.42 Å². The molecule has 114 valence electrons. The van der Waals surface area contributed by atoms with Crippen molar-refractivity contribution in [2.45, 2.75) is 44.5 Å². The van der Waals surface area contributed by atoms with E-state index in [1.54, 1.807) is 18.5 Å². The second-order valence-electron chi connectivity index (χ2n) is 5.31. The van der Waals surface area contributed by atoms with Crippen molar-refractivity contribution >= 4 is 21.4 Å². The van der Waals surface area contributed by atoms with Gasteiger partial charge in [0, 0.05) is 29.9 Å². The zero-order chi connectivity index (χ0) is 15.6. The highest BCUT2D eigenvalue weighted by Crippen LogP contribution is 2.29. The topological polar surface area (TPSA) is 50.3 Å². The molecule has 0 bridgehead atoms. The first-order valence-electron chi connectivity index (χ1n) is 6.80. The number of pyridine rings is 1. The minimum Gasteiger partial charge on any atom is -0.264 e. The summed E-state index contributed by atoms with van der Waals surface area (Å²) >= 11 is 1.33. The van der Waals surface area contributed by atoms with Crippen LogP contribution in [-0.4, -0.2) is 23.7 Å². The van der Waals surface area contributed by atoms with E-state index in [0.717, 1.165) is 16.0 Å². The molecule has 4 nitrogen and oxygen atoms in total. The molecule has 2 heterocycles. The van der Waals surface area contributed by atoms with Crippen molar-refractivity contribution in [2.24, 2.45) is 0 Å². The third kappa shape index (κ3) is 3.51. The highest BCUT2D eigenvalue weighted by atomic mass is 32.2. The molecule has 0 aliphatic heterocycles. The van der Waals surface area contributed by atoms with Crippen molar-refractivity contribution in [3.8, 4) is 0 Å². The van der Waals surface area contributed by atoms with E-state index in [9.17, 15) is 8.42 Å². The lowest BCUT2D eigenvalue weighted by molar-refractivity contribution is 0.348. The number of sulfonamides is 1. The van der Waals surface area contributed by atoms with Crippen LogP contribution in [0.15, 0.2) is 34.8 Å². The predicted molar refractivity (Wildman–Crippen MR) is 85.9 cm³/mol. The molecule has 0 unspecified atom stereocenters. The van der Waals surface area contributed by atoms with E-state index >= 15 is 0 Å². The van der Waals surface area contributed by atoms with Crippen LogP contribution in [0.25, 0.3) is 0 Å². The first kappa shape index (κ1) is 16.1. The largest absolute Gasteiger partial charge is 0.264 e. The molecule has 0 amide bonds. The Balaban J connectivity index is 2.37. The van der Waals surface area contributed by atoms with Crippen LogP contribution in [-0.2, 0) is 16.6 Å². The first-order chi connectivity index (χ1) is 9.82. The fourth-order valence-electron chi connectivity index (χ4n) is 2.00. The zero-order valence-corrected chi connectivity index (χ0v) is 14.3. The van der Waals surface area contributed by atoms with E-state index in [-0.39, 0.29) is 6.04 Å². The third-order valence-electron chi connectivity index (χ3n) is 3.34. The number of rotatable bonds is 5. The minimum absolute atomic E-state index is 0.113. The summed E-state index contributed by atoms with van der Waals surface area (Å²) in [7, 11) is -3.48. The van der Waals surface area contributed by atoms with Crippen LogP contribution in [0, 0.1) is 13.8 Å². The monoisotopic (exact) mass is 324 g/mol. The summed E-state index contributed by atoms with van der Waals surface area (Å²) in [6.07, 6.45) is 3.39. The Bertz CT molecular complexity index is 687. The van der Waals surface area contributed by atoms with Gasteiger partial charge in [0.05, 0.1) is 0 Å². The standard InChI is InChI=1S/C15H20N2O2S2/c1-11(2)17(10-14-6-5-7-16-9-14)21(18,19)15-8-12(3)13(4)20-15/h5-9,11H,10H2,1-4H3. The molecular weight excluding hydrogens is 304 g/mol. The smallest absolute Gasteiger partial charge is 0.253 e.